The normalized spacial score (nSPS) is 10.5. The number of halogens is 2. The molecule has 15 heavy (non-hydrogen) atoms. The zero-order chi connectivity index (χ0) is 10.8. The number of imidazole rings is 1. The molecule has 0 aliphatic rings. The highest BCUT2D eigenvalue weighted by atomic mass is 19.1. The number of nitrogen functional groups attached to an aromatic ring is 1. The van der Waals surface area contributed by atoms with Crippen molar-refractivity contribution in [2.45, 2.75) is 6.54 Å². The highest BCUT2D eigenvalue weighted by Crippen LogP contribution is 2.12. The number of nitrogens with two attached hydrogens (primary N) is 1. The van der Waals surface area contributed by atoms with Crippen LogP contribution in [0.25, 0.3) is 0 Å². The van der Waals surface area contributed by atoms with Gasteiger partial charge < -0.3 is 10.3 Å². The van der Waals surface area contributed by atoms with Crippen LogP contribution in [-0.2, 0) is 6.54 Å². The Morgan fingerprint density at radius 1 is 1.33 bits per heavy atom. The fourth-order valence-electron chi connectivity index (χ4n) is 1.31. The highest BCUT2D eigenvalue weighted by molar-refractivity contribution is 5.23. The molecule has 0 saturated carbocycles. The molecule has 0 aliphatic carbocycles. The van der Waals surface area contributed by atoms with Gasteiger partial charge in [0.1, 0.15) is 11.6 Å². The van der Waals surface area contributed by atoms with Gasteiger partial charge >= 0.3 is 0 Å². The number of nitrogens with zero attached hydrogens (tertiary/aromatic N) is 2. The van der Waals surface area contributed by atoms with Crippen LogP contribution < -0.4 is 5.73 Å². The summed E-state index contributed by atoms with van der Waals surface area (Å²) in [4.78, 5) is 3.80. The highest BCUT2D eigenvalue weighted by Gasteiger charge is 2.05. The third-order valence-corrected chi connectivity index (χ3v) is 2.10. The maximum absolute atomic E-state index is 13.3. The molecule has 0 bridgehead atoms. The molecule has 0 saturated heterocycles. The summed E-state index contributed by atoms with van der Waals surface area (Å²) in [6, 6.07) is 3.46. The Morgan fingerprint density at radius 2 is 2.13 bits per heavy atom. The first kappa shape index (κ1) is 9.64. The molecule has 1 aromatic carbocycles. The summed E-state index contributed by atoms with van der Waals surface area (Å²) in [5.41, 5.74) is 5.90. The second-order valence-electron chi connectivity index (χ2n) is 3.15. The lowest BCUT2D eigenvalue weighted by molar-refractivity contribution is 0.567. The van der Waals surface area contributed by atoms with Crippen LogP contribution in [0.4, 0.5) is 14.7 Å². The number of hydrogen-bond acceptors (Lipinski definition) is 2. The molecule has 5 heteroatoms. The van der Waals surface area contributed by atoms with Crippen LogP contribution in [0.2, 0.25) is 0 Å². The van der Waals surface area contributed by atoms with E-state index >= 15 is 0 Å². The van der Waals surface area contributed by atoms with Crippen molar-refractivity contribution < 1.29 is 8.78 Å². The van der Waals surface area contributed by atoms with E-state index in [1.165, 1.54) is 18.3 Å². The van der Waals surface area contributed by atoms with Crippen molar-refractivity contribution in [1.29, 1.82) is 0 Å². The van der Waals surface area contributed by atoms with E-state index in [9.17, 15) is 8.78 Å². The lowest BCUT2D eigenvalue weighted by atomic mass is 10.2. The van der Waals surface area contributed by atoms with Gasteiger partial charge in [-0.15, -0.1) is 0 Å². The summed E-state index contributed by atoms with van der Waals surface area (Å²) >= 11 is 0. The monoisotopic (exact) mass is 209 g/mol. The second kappa shape index (κ2) is 3.68. The molecule has 1 aromatic heterocycles. The van der Waals surface area contributed by atoms with Crippen LogP contribution in [0.15, 0.2) is 30.6 Å². The smallest absolute Gasteiger partial charge is 0.200 e. The molecule has 0 spiro atoms. The Kier molecular flexibility index (Phi) is 2.37. The average Bonchev–Trinajstić information content (AvgIpc) is 2.57. The van der Waals surface area contributed by atoms with E-state index in [0.29, 0.717) is 11.5 Å². The van der Waals surface area contributed by atoms with E-state index in [0.717, 1.165) is 6.07 Å². The number of rotatable bonds is 2. The second-order valence-corrected chi connectivity index (χ2v) is 3.15. The van der Waals surface area contributed by atoms with Crippen LogP contribution >= 0.6 is 0 Å². The number of anilines is 1. The summed E-state index contributed by atoms with van der Waals surface area (Å²) in [5.74, 6) is -0.864. The summed E-state index contributed by atoms with van der Waals surface area (Å²) in [6.07, 6.45) is 3.16. The quantitative estimate of drug-likeness (QED) is 0.819. The molecule has 3 nitrogen and oxygen atoms in total. The SMILES string of the molecule is Nc1nccn1Cc1ccc(F)cc1F. The summed E-state index contributed by atoms with van der Waals surface area (Å²) in [7, 11) is 0. The summed E-state index contributed by atoms with van der Waals surface area (Å²) in [5, 5.41) is 0. The van der Waals surface area contributed by atoms with Crippen molar-refractivity contribution in [1.82, 2.24) is 9.55 Å². The molecule has 0 radical (unpaired) electrons. The molecule has 1 heterocycles. The molecule has 2 rings (SSSR count). The third-order valence-electron chi connectivity index (χ3n) is 2.10. The Hall–Kier alpha value is -1.91. The Labute approximate surface area is 85.2 Å². The van der Waals surface area contributed by atoms with Gasteiger partial charge in [0.15, 0.2) is 5.95 Å². The zero-order valence-electron chi connectivity index (χ0n) is 7.82. The number of benzene rings is 1. The predicted molar refractivity (Wildman–Crippen MR) is 52.1 cm³/mol. The van der Waals surface area contributed by atoms with Gasteiger partial charge in [-0.2, -0.15) is 0 Å². The Morgan fingerprint density at radius 3 is 2.73 bits per heavy atom. The first-order valence-corrected chi connectivity index (χ1v) is 4.37. The van der Waals surface area contributed by atoms with Gasteiger partial charge in [0.25, 0.3) is 0 Å². The first-order valence-electron chi connectivity index (χ1n) is 4.37. The van der Waals surface area contributed by atoms with E-state index in [1.807, 2.05) is 0 Å². The van der Waals surface area contributed by atoms with E-state index in [4.69, 9.17) is 5.73 Å². The minimum absolute atomic E-state index is 0.248. The lowest BCUT2D eigenvalue weighted by Crippen LogP contribution is -2.05. The summed E-state index contributed by atoms with van der Waals surface area (Å²) < 4.78 is 27.5. The van der Waals surface area contributed by atoms with Crippen molar-refractivity contribution in [3.8, 4) is 0 Å². The standard InChI is InChI=1S/C10H9F2N3/c11-8-2-1-7(9(12)5-8)6-15-4-3-14-10(15)13/h1-5H,6H2,(H2,13,14). The maximum Gasteiger partial charge on any atom is 0.200 e. The topological polar surface area (TPSA) is 43.8 Å². The average molecular weight is 209 g/mol. The van der Waals surface area contributed by atoms with Gasteiger partial charge in [-0.3, -0.25) is 0 Å². The molecular formula is C10H9F2N3. The van der Waals surface area contributed by atoms with Crippen LogP contribution in [0.1, 0.15) is 5.56 Å². The van der Waals surface area contributed by atoms with Crippen LogP contribution in [0.5, 0.6) is 0 Å². The van der Waals surface area contributed by atoms with Crippen LogP contribution in [0, 0.1) is 11.6 Å². The third kappa shape index (κ3) is 1.96. The van der Waals surface area contributed by atoms with Gasteiger partial charge in [0.2, 0.25) is 0 Å². The van der Waals surface area contributed by atoms with E-state index < -0.39 is 11.6 Å². The molecule has 0 unspecified atom stereocenters. The minimum Gasteiger partial charge on any atom is -0.369 e. The minimum atomic E-state index is -0.588. The zero-order valence-corrected chi connectivity index (χ0v) is 7.82. The number of hydrogen-bond donors (Lipinski definition) is 1. The van der Waals surface area contributed by atoms with Crippen molar-refractivity contribution in [2.24, 2.45) is 0 Å². The fraction of sp³-hybridized carbons (Fsp3) is 0.100. The van der Waals surface area contributed by atoms with Crippen LogP contribution in [-0.4, -0.2) is 9.55 Å². The molecule has 2 aromatic rings. The molecule has 78 valence electrons. The molecule has 2 N–H and O–H groups in total. The summed E-state index contributed by atoms with van der Waals surface area (Å²) in [6.45, 7) is 0.248. The van der Waals surface area contributed by atoms with Gasteiger partial charge in [0.05, 0.1) is 6.54 Å². The van der Waals surface area contributed by atoms with Gasteiger partial charge in [-0.05, 0) is 6.07 Å². The molecule has 0 amide bonds. The number of aromatic nitrogens is 2. The van der Waals surface area contributed by atoms with E-state index in [2.05, 4.69) is 4.98 Å². The van der Waals surface area contributed by atoms with Crippen molar-refractivity contribution in [2.75, 3.05) is 5.73 Å². The van der Waals surface area contributed by atoms with Crippen molar-refractivity contribution >= 4 is 5.95 Å². The Balaban J connectivity index is 2.29. The molecule has 0 fully saturated rings. The maximum atomic E-state index is 13.3. The first-order chi connectivity index (χ1) is 7.16. The Bertz CT molecular complexity index is 479. The largest absolute Gasteiger partial charge is 0.369 e. The van der Waals surface area contributed by atoms with Gasteiger partial charge in [-0.1, -0.05) is 6.07 Å². The molecular weight excluding hydrogens is 200 g/mol. The van der Waals surface area contributed by atoms with E-state index in [-0.39, 0.29) is 6.54 Å². The van der Waals surface area contributed by atoms with Crippen LogP contribution in [0.3, 0.4) is 0 Å². The van der Waals surface area contributed by atoms with Crippen molar-refractivity contribution in [3.63, 3.8) is 0 Å². The van der Waals surface area contributed by atoms with Gasteiger partial charge in [0, 0.05) is 24.0 Å². The lowest BCUT2D eigenvalue weighted by Gasteiger charge is -2.05. The predicted octanol–water partition coefficient (Wildman–Crippen LogP) is 1.79. The molecule has 0 aliphatic heterocycles. The molecule has 0 atom stereocenters. The van der Waals surface area contributed by atoms with Crippen molar-refractivity contribution in [3.05, 3.63) is 47.8 Å². The fourth-order valence-corrected chi connectivity index (χ4v) is 1.31. The van der Waals surface area contributed by atoms with Gasteiger partial charge in [-0.25, -0.2) is 13.8 Å². The van der Waals surface area contributed by atoms with E-state index in [1.54, 1.807) is 10.8 Å².